The number of para-hydroxylation sites is 1. The minimum atomic E-state index is -3.81. The van der Waals surface area contributed by atoms with Crippen LogP contribution in [0.3, 0.4) is 0 Å². The molecule has 45 heavy (non-hydrogen) atoms. The van der Waals surface area contributed by atoms with Crippen LogP contribution in [-0.4, -0.2) is 117 Å². The van der Waals surface area contributed by atoms with Gasteiger partial charge in [-0.25, -0.2) is 8.42 Å². The van der Waals surface area contributed by atoms with Gasteiger partial charge in [-0.1, -0.05) is 31.5 Å². The number of fused-ring (bicyclic) bond motifs is 2. The number of ketones is 1. The molecule has 1 N–H and O–H groups in total. The molecule has 240 valence electrons. The number of rotatable bonds is 9. The van der Waals surface area contributed by atoms with Gasteiger partial charge in [-0.05, 0) is 36.8 Å². The molecular formula is C32H38N4O8S. The Labute approximate surface area is 262 Å². The first-order chi connectivity index (χ1) is 21.7. The van der Waals surface area contributed by atoms with E-state index >= 15 is 0 Å². The van der Waals surface area contributed by atoms with Crippen molar-refractivity contribution in [1.29, 1.82) is 0 Å². The number of carbonyl (C=O) groups excluding carboxylic acids is 3. The smallest absolute Gasteiger partial charge is 0.296 e. The number of likely N-dealkylation sites (tertiary alicyclic amines) is 1. The molecule has 12 nitrogen and oxygen atoms in total. The van der Waals surface area contributed by atoms with Crippen molar-refractivity contribution >= 4 is 39.1 Å². The molecule has 0 radical (unpaired) electrons. The number of morpholine rings is 2. The molecule has 4 heterocycles. The van der Waals surface area contributed by atoms with Crippen LogP contribution in [0.5, 0.6) is 0 Å². The summed E-state index contributed by atoms with van der Waals surface area (Å²) in [4.78, 5) is 47.5. The van der Waals surface area contributed by atoms with Gasteiger partial charge in [0.2, 0.25) is 10.0 Å². The van der Waals surface area contributed by atoms with Crippen LogP contribution in [0.25, 0.3) is 5.76 Å². The van der Waals surface area contributed by atoms with Crippen LogP contribution < -0.4 is 4.90 Å². The summed E-state index contributed by atoms with van der Waals surface area (Å²) in [5.74, 6) is -2.82. The molecule has 13 heteroatoms. The van der Waals surface area contributed by atoms with Crippen molar-refractivity contribution in [2.45, 2.75) is 30.2 Å². The zero-order valence-electron chi connectivity index (χ0n) is 25.3. The number of hydrogen-bond donors (Lipinski definition) is 1. The van der Waals surface area contributed by atoms with E-state index in [2.05, 4.69) is 4.90 Å². The highest BCUT2D eigenvalue weighted by Crippen LogP contribution is 2.53. The molecular weight excluding hydrogens is 600 g/mol. The molecule has 6 rings (SSSR count). The monoisotopic (exact) mass is 638 g/mol. The quantitative estimate of drug-likeness (QED) is 0.248. The van der Waals surface area contributed by atoms with Crippen molar-refractivity contribution in [1.82, 2.24) is 14.1 Å². The van der Waals surface area contributed by atoms with Crippen LogP contribution >= 0.6 is 0 Å². The van der Waals surface area contributed by atoms with Crippen LogP contribution in [0.4, 0.5) is 5.69 Å². The molecule has 2 amide bonds. The maximum atomic E-state index is 14.7. The Bertz CT molecular complexity index is 1610. The number of unbranched alkanes of at least 4 members (excludes halogenated alkanes) is 1. The van der Waals surface area contributed by atoms with Crippen molar-refractivity contribution in [2.24, 2.45) is 0 Å². The molecule has 0 saturated carbocycles. The predicted octanol–water partition coefficient (Wildman–Crippen LogP) is 1.76. The Kier molecular flexibility index (Phi) is 8.81. The summed E-state index contributed by atoms with van der Waals surface area (Å²) in [6, 6.07) is 12.6. The number of amides is 2. The zero-order chi connectivity index (χ0) is 31.8. The summed E-state index contributed by atoms with van der Waals surface area (Å²) in [7, 11) is -3.81. The molecule has 0 bridgehead atoms. The Morgan fingerprint density at radius 3 is 2.18 bits per heavy atom. The predicted molar refractivity (Wildman–Crippen MR) is 165 cm³/mol. The van der Waals surface area contributed by atoms with Gasteiger partial charge in [0.05, 0.1) is 42.6 Å². The van der Waals surface area contributed by atoms with Gasteiger partial charge in [-0.2, -0.15) is 4.31 Å². The van der Waals surface area contributed by atoms with Crippen LogP contribution in [0.15, 0.2) is 59.0 Å². The number of sulfonamides is 1. The van der Waals surface area contributed by atoms with Gasteiger partial charge in [0.15, 0.2) is 5.54 Å². The van der Waals surface area contributed by atoms with E-state index in [1.807, 2.05) is 6.92 Å². The first-order valence-electron chi connectivity index (χ1n) is 15.4. The maximum Gasteiger partial charge on any atom is 0.296 e. The van der Waals surface area contributed by atoms with Crippen molar-refractivity contribution in [2.75, 3.05) is 77.1 Å². The van der Waals surface area contributed by atoms with E-state index in [0.29, 0.717) is 70.3 Å². The van der Waals surface area contributed by atoms with E-state index in [1.54, 1.807) is 29.2 Å². The van der Waals surface area contributed by atoms with Crippen molar-refractivity contribution in [3.05, 3.63) is 65.2 Å². The first-order valence-corrected chi connectivity index (χ1v) is 16.9. The lowest BCUT2D eigenvalue weighted by molar-refractivity contribution is -0.144. The number of aliphatic hydroxyl groups is 1. The minimum Gasteiger partial charge on any atom is -0.507 e. The van der Waals surface area contributed by atoms with Gasteiger partial charge in [0.1, 0.15) is 5.76 Å². The molecule has 0 aromatic heterocycles. The lowest BCUT2D eigenvalue weighted by atomic mass is 9.82. The van der Waals surface area contributed by atoms with Crippen LogP contribution in [0.2, 0.25) is 0 Å². The number of hydrogen-bond acceptors (Lipinski definition) is 9. The van der Waals surface area contributed by atoms with E-state index in [9.17, 15) is 27.9 Å². The number of carbonyl (C=O) groups is 3. The Hall–Kier alpha value is -3.62. The number of anilines is 1. The largest absolute Gasteiger partial charge is 0.507 e. The Balaban J connectivity index is 1.46. The number of aliphatic hydroxyl groups excluding tert-OH is 1. The van der Waals surface area contributed by atoms with Gasteiger partial charge in [-0.3, -0.25) is 19.3 Å². The van der Waals surface area contributed by atoms with Gasteiger partial charge in [-0.15, -0.1) is 0 Å². The minimum absolute atomic E-state index is 0.0228. The van der Waals surface area contributed by atoms with Crippen molar-refractivity contribution < 1.29 is 37.4 Å². The highest BCUT2D eigenvalue weighted by atomic mass is 32.2. The molecule has 2 aromatic rings. The first kappa shape index (κ1) is 31.4. The molecule has 2 aromatic carbocycles. The third-order valence-corrected chi connectivity index (χ3v) is 10.9. The van der Waals surface area contributed by atoms with E-state index in [0.717, 1.165) is 6.42 Å². The van der Waals surface area contributed by atoms with E-state index in [-0.39, 0.29) is 35.7 Å². The highest BCUT2D eigenvalue weighted by Gasteiger charge is 2.67. The van der Waals surface area contributed by atoms with Crippen LogP contribution in [-0.2, 0) is 39.4 Å². The number of Topliss-reactive ketones (excluding diaryl/α,β-unsaturated/α-hetero) is 1. The Morgan fingerprint density at radius 1 is 0.867 bits per heavy atom. The molecule has 1 spiro atoms. The summed E-state index contributed by atoms with van der Waals surface area (Å²) >= 11 is 0. The van der Waals surface area contributed by atoms with Crippen LogP contribution in [0.1, 0.15) is 30.9 Å². The van der Waals surface area contributed by atoms with Gasteiger partial charge < -0.3 is 24.4 Å². The maximum absolute atomic E-state index is 14.7. The fourth-order valence-electron chi connectivity index (χ4n) is 6.64. The third-order valence-electron chi connectivity index (χ3n) is 9.02. The summed E-state index contributed by atoms with van der Waals surface area (Å²) in [6.45, 7) is 6.37. The van der Waals surface area contributed by atoms with E-state index < -0.39 is 38.9 Å². The normalized spacial score (nSPS) is 24.2. The van der Waals surface area contributed by atoms with E-state index in [1.165, 1.54) is 33.5 Å². The average molecular weight is 639 g/mol. The zero-order valence-corrected chi connectivity index (χ0v) is 26.1. The molecule has 0 aliphatic carbocycles. The summed E-state index contributed by atoms with van der Waals surface area (Å²) in [5.41, 5.74) is -1.01. The van der Waals surface area contributed by atoms with Gasteiger partial charge in [0, 0.05) is 56.9 Å². The molecule has 4 aliphatic rings. The standard InChI is InChI=1S/C32H38N4O8S/c1-2-3-12-35-26-7-5-4-6-25(26)32(31(35)40)27(29(38)30(39)36(32)14-13-33-15-19-43-20-16-33)28(37)23-8-10-24(11-9-23)45(41,42)34-17-21-44-22-18-34/h4-11,37H,2-3,12-22H2,1H3/b28-27+. The van der Waals surface area contributed by atoms with Gasteiger partial charge >= 0.3 is 0 Å². The molecule has 1 atom stereocenters. The van der Waals surface area contributed by atoms with Gasteiger partial charge in [0.25, 0.3) is 17.6 Å². The lowest BCUT2D eigenvalue weighted by Crippen LogP contribution is -2.54. The third kappa shape index (κ3) is 5.26. The number of nitrogens with zero attached hydrogens (tertiary/aromatic N) is 4. The number of benzene rings is 2. The lowest BCUT2D eigenvalue weighted by Gasteiger charge is -2.36. The van der Waals surface area contributed by atoms with Crippen LogP contribution in [0, 0.1) is 0 Å². The summed E-state index contributed by atoms with van der Waals surface area (Å²) in [6.07, 6.45) is 1.53. The second kappa shape index (κ2) is 12.6. The van der Waals surface area contributed by atoms with Crippen molar-refractivity contribution in [3.8, 4) is 0 Å². The second-order valence-corrected chi connectivity index (χ2v) is 13.5. The Morgan fingerprint density at radius 2 is 1.51 bits per heavy atom. The molecule has 1 unspecified atom stereocenters. The highest BCUT2D eigenvalue weighted by molar-refractivity contribution is 7.89. The fourth-order valence-corrected chi connectivity index (χ4v) is 8.04. The molecule has 3 fully saturated rings. The molecule has 3 saturated heterocycles. The number of ether oxygens (including phenoxy) is 2. The summed E-state index contributed by atoms with van der Waals surface area (Å²) in [5, 5.41) is 11.8. The second-order valence-electron chi connectivity index (χ2n) is 11.5. The van der Waals surface area contributed by atoms with Crippen molar-refractivity contribution in [3.63, 3.8) is 0 Å². The SMILES string of the molecule is CCCCN1C(=O)C2(/C(=C(/O)c3ccc(S(=O)(=O)N4CCOCC4)cc3)C(=O)C(=O)N2CCN2CCOCC2)c2ccccc21. The topological polar surface area (TPSA) is 137 Å². The average Bonchev–Trinajstić information content (AvgIpc) is 3.45. The van der Waals surface area contributed by atoms with E-state index in [4.69, 9.17) is 9.47 Å². The molecule has 4 aliphatic heterocycles. The summed E-state index contributed by atoms with van der Waals surface area (Å²) < 4.78 is 38.5. The fraction of sp³-hybridized carbons (Fsp3) is 0.469.